The van der Waals surface area contributed by atoms with E-state index in [-0.39, 0.29) is 42.2 Å². The Morgan fingerprint density at radius 2 is 1.73 bits per heavy atom. The fraction of sp³-hybridized carbons (Fsp3) is 0.815. The van der Waals surface area contributed by atoms with Gasteiger partial charge in [0.2, 0.25) is 23.6 Å². The van der Waals surface area contributed by atoms with Gasteiger partial charge < -0.3 is 27.0 Å². The molecule has 0 radical (unpaired) electrons. The minimum atomic E-state index is -5.24. The van der Waals surface area contributed by atoms with E-state index in [1.165, 1.54) is 20.8 Å². The molecule has 5 amide bonds. The number of hydrogen-bond acceptors (Lipinski definition) is 5. The van der Waals surface area contributed by atoms with Crippen molar-refractivity contribution in [2.45, 2.75) is 89.0 Å². The lowest BCUT2D eigenvalue weighted by Gasteiger charge is -2.48. The van der Waals surface area contributed by atoms with Crippen molar-refractivity contribution in [3.63, 3.8) is 0 Å². The molecule has 222 valence electrons. The van der Waals surface area contributed by atoms with Gasteiger partial charge in [0.1, 0.15) is 11.6 Å². The van der Waals surface area contributed by atoms with E-state index >= 15 is 0 Å². The number of carbonyl (C=O) groups excluding carboxylic acids is 5. The summed E-state index contributed by atoms with van der Waals surface area (Å²) in [7, 11) is 0. The molecule has 5 rings (SSSR count). The maximum atomic E-state index is 14.3. The largest absolute Gasteiger partial charge is 0.471 e. The van der Waals surface area contributed by atoms with Crippen LogP contribution < -0.4 is 22.1 Å². The predicted molar refractivity (Wildman–Crippen MR) is 134 cm³/mol. The molecular weight excluding hydrogens is 531 g/mol. The molecule has 2 saturated heterocycles. The summed E-state index contributed by atoms with van der Waals surface area (Å²) >= 11 is 0. The summed E-state index contributed by atoms with van der Waals surface area (Å²) < 4.78 is 39.8. The molecule has 0 aromatic heterocycles. The van der Waals surface area contributed by atoms with E-state index in [9.17, 15) is 37.1 Å². The van der Waals surface area contributed by atoms with E-state index in [2.05, 4.69) is 5.32 Å². The Balaban J connectivity index is 1.59. The molecule has 6 N–H and O–H groups in total. The number of primary amides is 2. The smallest absolute Gasteiger partial charge is 0.369 e. The van der Waals surface area contributed by atoms with E-state index < -0.39 is 64.6 Å². The molecule has 3 aliphatic carbocycles. The molecule has 40 heavy (non-hydrogen) atoms. The monoisotopic (exact) mass is 569 g/mol. The van der Waals surface area contributed by atoms with E-state index in [0.29, 0.717) is 6.42 Å². The summed E-state index contributed by atoms with van der Waals surface area (Å²) in [4.78, 5) is 67.3. The molecule has 10 nitrogen and oxygen atoms in total. The van der Waals surface area contributed by atoms with Crippen molar-refractivity contribution in [1.29, 1.82) is 0 Å². The van der Waals surface area contributed by atoms with Gasteiger partial charge in [-0.2, -0.15) is 13.2 Å². The van der Waals surface area contributed by atoms with Crippen molar-refractivity contribution in [2.24, 2.45) is 52.4 Å². The van der Waals surface area contributed by atoms with Gasteiger partial charge in [-0.3, -0.25) is 24.0 Å². The second kappa shape index (κ2) is 9.07. The molecule has 5 unspecified atom stereocenters. The first-order chi connectivity index (χ1) is 18.4. The number of fused-ring (bicyclic) bond motifs is 5. The fourth-order valence-electron chi connectivity index (χ4n) is 8.53. The lowest BCUT2D eigenvalue weighted by Crippen LogP contribution is -2.70. The maximum Gasteiger partial charge on any atom is 0.471 e. The highest BCUT2D eigenvalue weighted by atomic mass is 19.4. The molecule has 5 aliphatic rings. The molecular formula is C27H38F3N5O5. The molecule has 0 aromatic carbocycles. The number of amides is 5. The number of likely N-dealkylation sites (tertiary alicyclic amines) is 1. The third-order valence-corrected chi connectivity index (χ3v) is 10.4. The second-order valence-corrected chi connectivity index (χ2v) is 13.8. The molecule has 2 heterocycles. The average Bonchev–Trinajstić information content (AvgIpc) is 3.18. The van der Waals surface area contributed by atoms with Gasteiger partial charge in [0.05, 0.1) is 5.92 Å². The lowest BCUT2D eigenvalue weighted by molar-refractivity contribution is -0.177. The van der Waals surface area contributed by atoms with Crippen LogP contribution in [0.1, 0.15) is 65.7 Å². The predicted octanol–water partition coefficient (Wildman–Crippen LogP) is 0.969. The Kier molecular flexibility index (Phi) is 6.50. The number of hydrogen-bond donors (Lipinski definition) is 4. The number of nitrogens with one attached hydrogen (secondary N) is 2. The van der Waals surface area contributed by atoms with Gasteiger partial charge in [-0.1, -0.05) is 20.8 Å². The number of alkyl halides is 3. The number of rotatable bonds is 7. The number of nitrogens with two attached hydrogens (primary N) is 2. The number of carbonyl (C=O) groups is 5. The molecule has 2 bridgehead atoms. The average molecular weight is 570 g/mol. The van der Waals surface area contributed by atoms with Crippen LogP contribution in [-0.4, -0.2) is 64.3 Å². The first-order valence-corrected chi connectivity index (χ1v) is 14.0. The van der Waals surface area contributed by atoms with Crippen molar-refractivity contribution in [1.82, 2.24) is 15.5 Å². The summed E-state index contributed by atoms with van der Waals surface area (Å²) in [5, 5.41) is 4.80. The van der Waals surface area contributed by atoms with Gasteiger partial charge in [0, 0.05) is 18.0 Å². The van der Waals surface area contributed by atoms with Gasteiger partial charge >= 0.3 is 12.1 Å². The van der Waals surface area contributed by atoms with Crippen molar-refractivity contribution in [2.75, 3.05) is 6.54 Å². The zero-order chi connectivity index (χ0) is 29.6. The Morgan fingerprint density at radius 1 is 1.10 bits per heavy atom. The van der Waals surface area contributed by atoms with Gasteiger partial charge in [-0.05, 0) is 74.0 Å². The Hall–Kier alpha value is -2.86. The molecule has 0 aromatic rings. The Labute approximate surface area is 230 Å². The summed E-state index contributed by atoms with van der Waals surface area (Å²) in [5.74, 6) is -7.88. The van der Waals surface area contributed by atoms with Crippen LogP contribution in [0.4, 0.5) is 13.2 Å². The highest BCUT2D eigenvalue weighted by molar-refractivity contribution is 6.00. The quantitative estimate of drug-likeness (QED) is 0.358. The number of nitrogens with zero attached hydrogens (tertiary/aromatic N) is 1. The van der Waals surface area contributed by atoms with Crippen molar-refractivity contribution >= 4 is 29.5 Å². The van der Waals surface area contributed by atoms with Crippen molar-refractivity contribution in [3.05, 3.63) is 0 Å². The minimum absolute atomic E-state index is 0.00660. The van der Waals surface area contributed by atoms with Crippen molar-refractivity contribution < 1.29 is 37.1 Å². The van der Waals surface area contributed by atoms with E-state index in [4.69, 9.17) is 11.5 Å². The highest BCUT2D eigenvalue weighted by Crippen LogP contribution is 2.63. The van der Waals surface area contributed by atoms with Crippen LogP contribution in [0, 0.1) is 40.9 Å². The van der Waals surface area contributed by atoms with E-state index in [0.717, 1.165) is 37.0 Å². The van der Waals surface area contributed by atoms with Crippen LogP contribution in [0.2, 0.25) is 0 Å². The summed E-state index contributed by atoms with van der Waals surface area (Å²) in [6.07, 6.45) is -0.852. The van der Waals surface area contributed by atoms with E-state index in [1.807, 2.05) is 5.32 Å². The first kappa shape index (κ1) is 28.7. The topological polar surface area (TPSA) is 165 Å². The van der Waals surface area contributed by atoms with Crippen LogP contribution in [0.25, 0.3) is 0 Å². The molecule has 8 atom stereocenters. The van der Waals surface area contributed by atoms with Gasteiger partial charge in [0.25, 0.3) is 0 Å². The first-order valence-electron chi connectivity index (χ1n) is 14.0. The molecule has 3 saturated carbocycles. The van der Waals surface area contributed by atoms with Crippen LogP contribution in [-0.2, 0) is 24.0 Å². The normalized spacial score (nSPS) is 35.3. The van der Waals surface area contributed by atoms with Gasteiger partial charge in [0.15, 0.2) is 0 Å². The Morgan fingerprint density at radius 3 is 2.23 bits per heavy atom. The van der Waals surface area contributed by atoms with Crippen molar-refractivity contribution in [3.8, 4) is 0 Å². The lowest BCUT2D eigenvalue weighted by atomic mass is 9.63. The maximum absolute atomic E-state index is 14.3. The fourth-order valence-corrected chi connectivity index (χ4v) is 8.53. The zero-order valence-electron chi connectivity index (χ0n) is 23.0. The van der Waals surface area contributed by atoms with Crippen LogP contribution in [0.3, 0.4) is 0 Å². The Bertz CT molecular complexity index is 1150. The molecule has 2 aliphatic heterocycles. The van der Waals surface area contributed by atoms with Crippen LogP contribution >= 0.6 is 0 Å². The summed E-state index contributed by atoms with van der Waals surface area (Å²) in [6.45, 7) is 4.51. The zero-order valence-corrected chi connectivity index (χ0v) is 23.0. The molecule has 13 heteroatoms. The van der Waals surface area contributed by atoms with Gasteiger partial charge in [-0.15, -0.1) is 0 Å². The molecule has 5 fully saturated rings. The third kappa shape index (κ3) is 4.34. The van der Waals surface area contributed by atoms with E-state index in [1.54, 1.807) is 0 Å². The van der Waals surface area contributed by atoms with Crippen LogP contribution in [0.15, 0.2) is 0 Å². The van der Waals surface area contributed by atoms with Gasteiger partial charge in [-0.25, -0.2) is 0 Å². The SMILES string of the molecule is CC(C)(C)[C@H](NC(=O)C(F)(F)F)C(=O)N1CC2C3CCC(C3)C2C1(C(N)=O)[C@H](C[C@@H]1CC2(CC2)NC1=O)C(N)=O. The van der Waals surface area contributed by atoms with Crippen LogP contribution in [0.5, 0.6) is 0 Å². The minimum Gasteiger partial charge on any atom is -0.369 e. The standard InChI is InChI=1S/C27H38F3N5O5/c1-24(2,3)18(33-23(40)27(28,29)30)21(38)35-11-15-12-4-5-13(8-12)17(15)26(35,22(32)39)16(19(31)36)9-14-10-25(6-7-25)34-20(14)37/h12-18H,4-11H2,1-3H3,(H2,31,36)(H2,32,39)(H,33,40)(H,34,37)/t12?,13?,14-,15?,16-,17?,18-,26?/m1/s1. The summed E-state index contributed by atoms with van der Waals surface area (Å²) in [6, 6.07) is -1.67. The second-order valence-electron chi connectivity index (χ2n) is 13.8. The summed E-state index contributed by atoms with van der Waals surface area (Å²) in [5.41, 5.74) is 8.65. The molecule has 1 spiro atoms. The third-order valence-electron chi connectivity index (χ3n) is 10.4. The number of halogens is 3. The highest BCUT2D eigenvalue weighted by Gasteiger charge is 2.71.